The highest BCUT2D eigenvalue weighted by Gasteiger charge is 2.14. The molecule has 1 aromatic rings. The first-order valence-electron chi connectivity index (χ1n) is 8.26. The normalized spacial score (nSPS) is 10.3. The molecular weight excluding hydrogens is 310 g/mol. The molecule has 0 radical (unpaired) electrons. The van der Waals surface area contributed by atoms with E-state index < -0.39 is 0 Å². The van der Waals surface area contributed by atoms with Crippen molar-refractivity contribution in [2.45, 2.75) is 45.4 Å². The van der Waals surface area contributed by atoms with Crippen LogP contribution in [0.15, 0.2) is 12.1 Å². The summed E-state index contributed by atoms with van der Waals surface area (Å²) >= 11 is 5.47. The monoisotopic (exact) mass is 339 g/mol. The van der Waals surface area contributed by atoms with E-state index in [4.69, 9.17) is 26.4 Å². The Morgan fingerprint density at radius 3 is 2.00 bits per heavy atom. The maximum atomic E-state index is 5.47. The highest BCUT2D eigenvalue weighted by atomic mass is 32.1. The van der Waals surface area contributed by atoms with E-state index in [9.17, 15) is 0 Å². The van der Waals surface area contributed by atoms with Crippen LogP contribution in [0.4, 0.5) is 0 Å². The summed E-state index contributed by atoms with van der Waals surface area (Å²) in [6.07, 6.45) is 7.61. The molecule has 0 aliphatic carbocycles. The molecule has 0 aliphatic rings. The van der Waals surface area contributed by atoms with Crippen molar-refractivity contribution in [3.8, 4) is 17.2 Å². The number of hydrogen-bond donors (Lipinski definition) is 1. The molecule has 0 spiro atoms. The van der Waals surface area contributed by atoms with Crippen LogP contribution in [-0.2, 0) is 0 Å². The lowest BCUT2D eigenvalue weighted by atomic mass is 10.1. The lowest BCUT2D eigenvalue weighted by Gasteiger charge is -2.15. The van der Waals surface area contributed by atoms with Gasteiger partial charge in [0, 0.05) is 12.1 Å². The molecule has 0 atom stereocenters. The van der Waals surface area contributed by atoms with Gasteiger partial charge in [0.05, 0.1) is 21.3 Å². The zero-order valence-electron chi connectivity index (χ0n) is 14.7. The van der Waals surface area contributed by atoms with E-state index >= 15 is 0 Å². The molecule has 1 rings (SSSR count). The fourth-order valence-corrected chi connectivity index (χ4v) is 2.64. The zero-order chi connectivity index (χ0) is 17.1. The van der Waals surface area contributed by atoms with Crippen molar-refractivity contribution in [1.29, 1.82) is 0 Å². The molecule has 0 aliphatic heterocycles. The van der Waals surface area contributed by atoms with Crippen molar-refractivity contribution >= 4 is 17.2 Å². The van der Waals surface area contributed by atoms with Gasteiger partial charge in [0.2, 0.25) is 5.75 Å². The topological polar surface area (TPSA) is 39.7 Å². The first kappa shape index (κ1) is 19.6. The van der Waals surface area contributed by atoms with Crippen molar-refractivity contribution in [3.05, 3.63) is 17.7 Å². The molecule has 0 saturated heterocycles. The van der Waals surface area contributed by atoms with Gasteiger partial charge in [-0.1, -0.05) is 51.2 Å². The second kappa shape index (κ2) is 11.1. The minimum atomic E-state index is 0.581. The maximum Gasteiger partial charge on any atom is 0.203 e. The van der Waals surface area contributed by atoms with E-state index in [0.717, 1.165) is 18.5 Å². The molecule has 1 N–H and O–H groups in total. The predicted octanol–water partition coefficient (Wildman–Crippen LogP) is 4.34. The quantitative estimate of drug-likeness (QED) is 0.480. The van der Waals surface area contributed by atoms with Crippen LogP contribution in [0.1, 0.15) is 51.0 Å². The lowest BCUT2D eigenvalue weighted by Crippen LogP contribution is -2.23. The average molecular weight is 340 g/mol. The standard InChI is InChI=1S/C18H29NO3S/c1-5-6-7-8-9-10-11-19-18(23)14-12-15(20-2)17(22-4)16(13-14)21-3/h12-13H,5-11H2,1-4H3,(H,19,23). The molecule has 23 heavy (non-hydrogen) atoms. The number of unbranched alkanes of at least 4 members (excludes halogenated alkanes) is 5. The third kappa shape index (κ3) is 6.26. The van der Waals surface area contributed by atoms with Gasteiger partial charge in [-0.25, -0.2) is 0 Å². The number of methoxy groups -OCH3 is 3. The summed E-state index contributed by atoms with van der Waals surface area (Å²) in [5, 5.41) is 3.31. The van der Waals surface area contributed by atoms with Crippen molar-refractivity contribution in [1.82, 2.24) is 5.32 Å². The van der Waals surface area contributed by atoms with Crippen molar-refractivity contribution in [2.75, 3.05) is 27.9 Å². The molecule has 0 amide bonds. The second-order valence-corrected chi connectivity index (χ2v) is 5.85. The van der Waals surface area contributed by atoms with Gasteiger partial charge in [0.1, 0.15) is 4.99 Å². The molecule has 0 bridgehead atoms. The molecule has 0 fully saturated rings. The number of benzene rings is 1. The summed E-state index contributed by atoms with van der Waals surface area (Å²) < 4.78 is 16.0. The van der Waals surface area contributed by atoms with Crippen molar-refractivity contribution in [2.24, 2.45) is 0 Å². The Morgan fingerprint density at radius 1 is 0.913 bits per heavy atom. The van der Waals surface area contributed by atoms with E-state index in [1.165, 1.54) is 32.1 Å². The zero-order valence-corrected chi connectivity index (χ0v) is 15.6. The molecule has 4 nitrogen and oxygen atoms in total. The average Bonchev–Trinajstić information content (AvgIpc) is 2.59. The number of rotatable bonds is 11. The molecule has 0 heterocycles. The summed E-state index contributed by atoms with van der Waals surface area (Å²) in [7, 11) is 4.80. The van der Waals surface area contributed by atoms with E-state index in [1.54, 1.807) is 21.3 Å². The minimum absolute atomic E-state index is 0.581. The van der Waals surface area contributed by atoms with Crippen LogP contribution >= 0.6 is 12.2 Å². The maximum absolute atomic E-state index is 5.47. The van der Waals surface area contributed by atoms with Crippen LogP contribution < -0.4 is 19.5 Å². The van der Waals surface area contributed by atoms with Gasteiger partial charge in [-0.15, -0.1) is 0 Å². The number of ether oxygens (including phenoxy) is 3. The lowest BCUT2D eigenvalue weighted by molar-refractivity contribution is 0.324. The van der Waals surface area contributed by atoms with Gasteiger partial charge in [-0.05, 0) is 18.6 Å². The largest absolute Gasteiger partial charge is 0.493 e. The van der Waals surface area contributed by atoms with Crippen LogP contribution in [-0.4, -0.2) is 32.9 Å². The SMILES string of the molecule is CCCCCCCCNC(=S)c1cc(OC)c(OC)c(OC)c1. The first-order valence-corrected chi connectivity index (χ1v) is 8.66. The van der Waals surface area contributed by atoms with E-state index in [-0.39, 0.29) is 0 Å². The van der Waals surface area contributed by atoms with E-state index in [0.29, 0.717) is 22.2 Å². The highest BCUT2D eigenvalue weighted by molar-refractivity contribution is 7.80. The van der Waals surface area contributed by atoms with Gasteiger partial charge in [0.15, 0.2) is 11.5 Å². The predicted molar refractivity (Wildman–Crippen MR) is 99.2 cm³/mol. The van der Waals surface area contributed by atoms with Gasteiger partial charge in [-0.2, -0.15) is 0 Å². The molecule has 0 saturated carbocycles. The van der Waals surface area contributed by atoms with Crippen LogP contribution in [0, 0.1) is 0 Å². The van der Waals surface area contributed by atoms with Gasteiger partial charge < -0.3 is 19.5 Å². The molecule has 0 unspecified atom stereocenters. The number of nitrogens with one attached hydrogen (secondary N) is 1. The van der Waals surface area contributed by atoms with Crippen LogP contribution in [0.2, 0.25) is 0 Å². The van der Waals surface area contributed by atoms with Crippen LogP contribution in [0.5, 0.6) is 17.2 Å². The summed E-state index contributed by atoms with van der Waals surface area (Å²) in [5.41, 5.74) is 0.875. The number of thiocarbonyl (C=S) groups is 1. The first-order chi connectivity index (χ1) is 11.2. The summed E-state index contributed by atoms with van der Waals surface area (Å²) in [6.45, 7) is 3.12. The molecule has 5 heteroatoms. The Morgan fingerprint density at radius 2 is 1.48 bits per heavy atom. The van der Waals surface area contributed by atoms with Gasteiger partial charge >= 0.3 is 0 Å². The third-order valence-corrected chi connectivity index (χ3v) is 4.12. The fraction of sp³-hybridized carbons (Fsp3) is 0.611. The summed E-state index contributed by atoms with van der Waals surface area (Å²) in [6, 6.07) is 3.75. The summed E-state index contributed by atoms with van der Waals surface area (Å²) in [4.78, 5) is 0.706. The molecule has 0 aromatic heterocycles. The fourth-order valence-electron chi connectivity index (χ4n) is 2.42. The number of hydrogen-bond acceptors (Lipinski definition) is 4. The third-order valence-electron chi connectivity index (χ3n) is 3.74. The van der Waals surface area contributed by atoms with Crippen molar-refractivity contribution < 1.29 is 14.2 Å². The molecule has 130 valence electrons. The molecular formula is C18H29NO3S. The Hall–Kier alpha value is -1.49. The van der Waals surface area contributed by atoms with Gasteiger partial charge in [-0.3, -0.25) is 0 Å². The second-order valence-electron chi connectivity index (χ2n) is 5.44. The van der Waals surface area contributed by atoms with Crippen LogP contribution in [0.25, 0.3) is 0 Å². The molecule has 1 aromatic carbocycles. The van der Waals surface area contributed by atoms with Crippen molar-refractivity contribution in [3.63, 3.8) is 0 Å². The van der Waals surface area contributed by atoms with Gasteiger partial charge in [0.25, 0.3) is 0 Å². The van der Waals surface area contributed by atoms with E-state index in [1.807, 2.05) is 12.1 Å². The Labute approximate surface area is 145 Å². The minimum Gasteiger partial charge on any atom is -0.493 e. The Balaban J connectivity index is 2.56. The smallest absolute Gasteiger partial charge is 0.203 e. The highest BCUT2D eigenvalue weighted by Crippen LogP contribution is 2.38. The Bertz CT molecular complexity index is 466. The summed E-state index contributed by atoms with van der Waals surface area (Å²) in [5.74, 6) is 1.81. The van der Waals surface area contributed by atoms with Crippen LogP contribution in [0.3, 0.4) is 0 Å². The Kier molecular flexibility index (Phi) is 9.45. The van der Waals surface area contributed by atoms with E-state index in [2.05, 4.69) is 12.2 Å².